The van der Waals surface area contributed by atoms with Crippen LogP contribution in [0.2, 0.25) is 0 Å². The number of nitrogens with zero attached hydrogens (tertiary/aromatic N) is 1. The second-order valence-electron chi connectivity index (χ2n) is 6.09. The van der Waals surface area contributed by atoms with E-state index in [4.69, 9.17) is 0 Å². The molecule has 0 radical (unpaired) electrons. The topological polar surface area (TPSA) is 15.3 Å². The fraction of sp³-hybridized carbons (Fsp3) is 0.625. The van der Waals surface area contributed by atoms with Crippen LogP contribution in [0.15, 0.2) is 24.3 Å². The zero-order chi connectivity index (χ0) is 13.2. The van der Waals surface area contributed by atoms with Gasteiger partial charge in [-0.3, -0.25) is 0 Å². The van der Waals surface area contributed by atoms with Crippen molar-refractivity contribution < 1.29 is 0 Å². The van der Waals surface area contributed by atoms with Gasteiger partial charge in [0, 0.05) is 24.3 Å². The third kappa shape index (κ3) is 3.05. The molecular weight excluding hydrogens is 220 g/mol. The van der Waals surface area contributed by atoms with E-state index in [0.29, 0.717) is 6.04 Å². The summed E-state index contributed by atoms with van der Waals surface area (Å²) >= 11 is 0. The van der Waals surface area contributed by atoms with Crippen LogP contribution in [-0.4, -0.2) is 25.2 Å². The van der Waals surface area contributed by atoms with Crippen LogP contribution in [0.5, 0.6) is 0 Å². The van der Waals surface area contributed by atoms with Gasteiger partial charge in [-0.1, -0.05) is 19.1 Å². The summed E-state index contributed by atoms with van der Waals surface area (Å²) in [5, 5.41) is 3.59. The number of nitrogens with one attached hydrogen (secondary N) is 1. The van der Waals surface area contributed by atoms with Gasteiger partial charge in [-0.2, -0.15) is 0 Å². The van der Waals surface area contributed by atoms with Crippen LogP contribution in [0.1, 0.15) is 39.2 Å². The van der Waals surface area contributed by atoms with E-state index in [1.54, 1.807) is 0 Å². The first-order valence-corrected chi connectivity index (χ1v) is 7.08. The van der Waals surface area contributed by atoms with Gasteiger partial charge < -0.3 is 10.2 Å². The van der Waals surface area contributed by atoms with Crippen molar-refractivity contribution in [3.8, 4) is 0 Å². The maximum Gasteiger partial charge on any atom is 0.0366 e. The molecule has 0 spiro atoms. The molecule has 2 heteroatoms. The van der Waals surface area contributed by atoms with Crippen molar-refractivity contribution in [2.45, 2.75) is 51.6 Å². The van der Waals surface area contributed by atoms with Gasteiger partial charge in [0.1, 0.15) is 0 Å². The second kappa shape index (κ2) is 5.31. The Balaban J connectivity index is 2.07. The Morgan fingerprint density at radius 3 is 2.50 bits per heavy atom. The lowest BCUT2D eigenvalue weighted by Crippen LogP contribution is -2.52. The zero-order valence-corrected chi connectivity index (χ0v) is 12.2. The van der Waals surface area contributed by atoms with Crippen LogP contribution >= 0.6 is 0 Å². The Bertz CT molecular complexity index is 381. The van der Waals surface area contributed by atoms with E-state index in [-0.39, 0.29) is 5.54 Å². The van der Waals surface area contributed by atoms with Crippen molar-refractivity contribution in [3.05, 3.63) is 29.8 Å². The molecule has 1 aliphatic rings. The van der Waals surface area contributed by atoms with E-state index >= 15 is 0 Å². The van der Waals surface area contributed by atoms with Gasteiger partial charge in [-0.05, 0) is 57.4 Å². The number of hydrogen-bond donors (Lipinski definition) is 1. The van der Waals surface area contributed by atoms with Gasteiger partial charge in [-0.15, -0.1) is 0 Å². The molecule has 2 nitrogen and oxygen atoms in total. The van der Waals surface area contributed by atoms with E-state index in [1.165, 1.54) is 24.1 Å². The lowest BCUT2D eigenvalue weighted by molar-refractivity contribution is 0.272. The minimum atomic E-state index is 0.264. The van der Waals surface area contributed by atoms with Gasteiger partial charge in [0.2, 0.25) is 0 Å². The molecule has 1 saturated heterocycles. The fourth-order valence-electron chi connectivity index (χ4n) is 2.85. The van der Waals surface area contributed by atoms with E-state index in [2.05, 4.69) is 62.3 Å². The maximum atomic E-state index is 3.59. The Morgan fingerprint density at radius 1 is 1.28 bits per heavy atom. The standard InChI is InChI=1S/C16H26N2/c1-5-13-6-8-14(9-7-13)18(4)15-10-11-17-16(2,3)12-15/h6-9,15,17H,5,10-12H2,1-4H3. The molecule has 2 rings (SSSR count). The highest BCUT2D eigenvalue weighted by Gasteiger charge is 2.29. The predicted molar refractivity (Wildman–Crippen MR) is 79.3 cm³/mol. The lowest BCUT2D eigenvalue weighted by atomic mass is 9.88. The minimum absolute atomic E-state index is 0.264. The summed E-state index contributed by atoms with van der Waals surface area (Å²) in [4.78, 5) is 2.45. The lowest BCUT2D eigenvalue weighted by Gasteiger charge is -2.41. The van der Waals surface area contributed by atoms with Gasteiger partial charge in [-0.25, -0.2) is 0 Å². The van der Waals surface area contributed by atoms with Crippen molar-refractivity contribution in [1.82, 2.24) is 5.32 Å². The molecule has 0 saturated carbocycles. The molecule has 18 heavy (non-hydrogen) atoms. The van der Waals surface area contributed by atoms with E-state index in [9.17, 15) is 0 Å². The summed E-state index contributed by atoms with van der Waals surface area (Å²) in [5.41, 5.74) is 3.02. The van der Waals surface area contributed by atoms with Crippen molar-refractivity contribution >= 4 is 5.69 Å². The zero-order valence-electron chi connectivity index (χ0n) is 12.2. The number of hydrogen-bond acceptors (Lipinski definition) is 2. The van der Waals surface area contributed by atoms with Crippen LogP contribution in [0.3, 0.4) is 0 Å². The maximum absolute atomic E-state index is 3.59. The molecule has 0 bridgehead atoms. The Morgan fingerprint density at radius 2 is 1.94 bits per heavy atom. The van der Waals surface area contributed by atoms with Crippen LogP contribution in [-0.2, 0) is 6.42 Å². The highest BCUT2D eigenvalue weighted by atomic mass is 15.2. The molecule has 1 atom stereocenters. The minimum Gasteiger partial charge on any atom is -0.371 e. The molecule has 100 valence electrons. The third-order valence-electron chi connectivity index (χ3n) is 4.13. The molecule has 0 aliphatic carbocycles. The summed E-state index contributed by atoms with van der Waals surface area (Å²) in [6.45, 7) is 7.92. The van der Waals surface area contributed by atoms with Crippen LogP contribution in [0.4, 0.5) is 5.69 Å². The van der Waals surface area contributed by atoms with Crippen molar-refractivity contribution in [2.24, 2.45) is 0 Å². The smallest absolute Gasteiger partial charge is 0.0366 e. The normalized spacial score (nSPS) is 22.8. The Labute approximate surface area is 111 Å². The first-order chi connectivity index (χ1) is 8.52. The fourth-order valence-corrected chi connectivity index (χ4v) is 2.85. The van der Waals surface area contributed by atoms with Gasteiger partial charge >= 0.3 is 0 Å². The number of anilines is 1. The summed E-state index contributed by atoms with van der Waals surface area (Å²) < 4.78 is 0. The van der Waals surface area contributed by atoms with Gasteiger partial charge in [0.15, 0.2) is 0 Å². The second-order valence-corrected chi connectivity index (χ2v) is 6.09. The Kier molecular flexibility index (Phi) is 3.96. The van der Waals surface area contributed by atoms with Crippen molar-refractivity contribution in [1.29, 1.82) is 0 Å². The van der Waals surface area contributed by atoms with Crippen LogP contribution in [0, 0.1) is 0 Å². The number of rotatable bonds is 3. The van der Waals surface area contributed by atoms with Crippen molar-refractivity contribution in [3.63, 3.8) is 0 Å². The van der Waals surface area contributed by atoms with Gasteiger partial charge in [0.05, 0.1) is 0 Å². The van der Waals surface area contributed by atoms with Crippen LogP contribution in [0.25, 0.3) is 0 Å². The molecule has 0 amide bonds. The summed E-state index contributed by atoms with van der Waals surface area (Å²) in [6.07, 6.45) is 3.55. The highest BCUT2D eigenvalue weighted by molar-refractivity contribution is 5.48. The average molecular weight is 246 g/mol. The van der Waals surface area contributed by atoms with E-state index in [1.807, 2.05) is 0 Å². The first kappa shape index (κ1) is 13.4. The molecule has 1 aromatic rings. The monoisotopic (exact) mass is 246 g/mol. The van der Waals surface area contributed by atoms with Crippen LogP contribution < -0.4 is 10.2 Å². The largest absolute Gasteiger partial charge is 0.371 e. The average Bonchev–Trinajstić information content (AvgIpc) is 2.37. The Hall–Kier alpha value is -1.02. The molecule has 1 fully saturated rings. The number of benzene rings is 1. The van der Waals surface area contributed by atoms with E-state index in [0.717, 1.165) is 13.0 Å². The summed E-state index contributed by atoms with van der Waals surface area (Å²) in [5.74, 6) is 0. The molecule has 1 unspecified atom stereocenters. The third-order valence-corrected chi connectivity index (χ3v) is 4.13. The molecule has 1 aliphatic heterocycles. The van der Waals surface area contributed by atoms with E-state index < -0.39 is 0 Å². The molecule has 0 aromatic heterocycles. The highest BCUT2D eigenvalue weighted by Crippen LogP contribution is 2.26. The molecule has 1 N–H and O–H groups in total. The number of aryl methyl sites for hydroxylation is 1. The molecular formula is C16H26N2. The van der Waals surface area contributed by atoms with Gasteiger partial charge in [0.25, 0.3) is 0 Å². The quantitative estimate of drug-likeness (QED) is 0.881. The molecule has 1 aromatic carbocycles. The van der Waals surface area contributed by atoms with Crippen molar-refractivity contribution in [2.75, 3.05) is 18.5 Å². The SMILES string of the molecule is CCc1ccc(N(C)C2CCNC(C)(C)C2)cc1. The molecule has 1 heterocycles. The summed E-state index contributed by atoms with van der Waals surface area (Å²) in [7, 11) is 2.23. The first-order valence-electron chi connectivity index (χ1n) is 7.08. The predicted octanol–water partition coefficient (Wildman–Crippen LogP) is 3.22. The number of piperidine rings is 1. The summed E-state index contributed by atoms with van der Waals surface area (Å²) in [6, 6.07) is 9.66.